The van der Waals surface area contributed by atoms with E-state index in [1.54, 1.807) is 0 Å². The van der Waals surface area contributed by atoms with E-state index < -0.39 is 11.6 Å². The molecule has 2 aliphatic rings. The van der Waals surface area contributed by atoms with E-state index in [-0.39, 0.29) is 0 Å². The van der Waals surface area contributed by atoms with E-state index in [2.05, 4.69) is 19.1 Å². The third kappa shape index (κ3) is 8.31. The van der Waals surface area contributed by atoms with Gasteiger partial charge in [-0.05, 0) is 79.9 Å². The van der Waals surface area contributed by atoms with Gasteiger partial charge in [-0.2, -0.15) is 0 Å². The summed E-state index contributed by atoms with van der Waals surface area (Å²) in [5, 5.41) is 0. The maximum absolute atomic E-state index is 14.1. The fraction of sp³-hybridized carbons (Fsp3) is 0.733. The molecule has 0 spiro atoms. The maximum atomic E-state index is 14.1. The molecule has 0 radical (unpaired) electrons. The van der Waals surface area contributed by atoms with Gasteiger partial charge >= 0.3 is 0 Å². The average molecular weight is 445 g/mol. The second kappa shape index (κ2) is 14.2. The van der Waals surface area contributed by atoms with Crippen LogP contribution in [0.3, 0.4) is 0 Å². The molecule has 1 fully saturated rings. The molecule has 0 aromatic heterocycles. The van der Waals surface area contributed by atoms with Crippen molar-refractivity contribution in [3.8, 4) is 0 Å². The Morgan fingerprint density at radius 2 is 1.50 bits per heavy atom. The fourth-order valence-electron chi connectivity index (χ4n) is 6.22. The number of allylic oxidation sites excluding steroid dienone is 2. The summed E-state index contributed by atoms with van der Waals surface area (Å²) >= 11 is 0. The zero-order valence-corrected chi connectivity index (χ0v) is 20.5. The number of benzene rings is 1. The van der Waals surface area contributed by atoms with Crippen LogP contribution in [0.2, 0.25) is 0 Å². The van der Waals surface area contributed by atoms with Crippen molar-refractivity contribution < 1.29 is 8.78 Å². The Labute approximate surface area is 196 Å². The topological polar surface area (TPSA) is 0 Å². The number of halogens is 2. The Balaban J connectivity index is 1.46. The Morgan fingerprint density at radius 1 is 0.781 bits per heavy atom. The molecule has 2 heteroatoms. The van der Waals surface area contributed by atoms with Gasteiger partial charge in [0, 0.05) is 0 Å². The third-order valence-corrected chi connectivity index (χ3v) is 8.26. The molecule has 2 atom stereocenters. The SMILES string of the molecule is CCCCCCCCCCC1CCC(C(CC2CC=CCC2)c2ccc(F)c(F)c2)CC1. The van der Waals surface area contributed by atoms with Crippen LogP contribution in [0.25, 0.3) is 0 Å². The average Bonchev–Trinajstić information content (AvgIpc) is 2.82. The first-order valence-corrected chi connectivity index (χ1v) is 13.8. The largest absolute Gasteiger partial charge is 0.204 e. The van der Waals surface area contributed by atoms with Gasteiger partial charge in [0.05, 0.1) is 0 Å². The van der Waals surface area contributed by atoms with Crippen molar-refractivity contribution in [2.45, 2.75) is 122 Å². The minimum absolute atomic E-state index is 0.380. The van der Waals surface area contributed by atoms with E-state index in [0.29, 0.717) is 17.8 Å². The van der Waals surface area contributed by atoms with E-state index in [4.69, 9.17) is 0 Å². The highest BCUT2D eigenvalue weighted by Gasteiger charge is 2.30. The van der Waals surface area contributed by atoms with Gasteiger partial charge < -0.3 is 0 Å². The molecular weight excluding hydrogens is 398 g/mol. The van der Waals surface area contributed by atoms with Crippen molar-refractivity contribution in [1.29, 1.82) is 0 Å². The van der Waals surface area contributed by atoms with E-state index in [0.717, 1.165) is 24.3 Å². The van der Waals surface area contributed by atoms with Gasteiger partial charge in [0.15, 0.2) is 11.6 Å². The van der Waals surface area contributed by atoms with Crippen molar-refractivity contribution in [2.75, 3.05) is 0 Å². The normalized spacial score (nSPS) is 24.5. The Kier molecular flexibility index (Phi) is 11.3. The van der Waals surface area contributed by atoms with E-state index in [1.807, 2.05) is 6.07 Å². The van der Waals surface area contributed by atoms with Gasteiger partial charge in [-0.3, -0.25) is 0 Å². The molecule has 0 aliphatic heterocycles. The predicted octanol–water partition coefficient (Wildman–Crippen LogP) is 10.1. The van der Waals surface area contributed by atoms with Crippen molar-refractivity contribution in [3.63, 3.8) is 0 Å². The zero-order valence-electron chi connectivity index (χ0n) is 20.5. The molecule has 0 heterocycles. The molecule has 180 valence electrons. The molecule has 1 aromatic rings. The summed E-state index contributed by atoms with van der Waals surface area (Å²) in [4.78, 5) is 0. The minimum atomic E-state index is -0.720. The molecule has 1 saturated carbocycles. The van der Waals surface area contributed by atoms with E-state index >= 15 is 0 Å². The van der Waals surface area contributed by atoms with Crippen LogP contribution in [0.15, 0.2) is 30.4 Å². The van der Waals surface area contributed by atoms with Crippen LogP contribution in [0.4, 0.5) is 8.78 Å². The Bertz CT molecular complexity index is 671. The van der Waals surface area contributed by atoms with Gasteiger partial charge in [-0.1, -0.05) is 95.8 Å². The van der Waals surface area contributed by atoms with E-state index in [9.17, 15) is 8.78 Å². The van der Waals surface area contributed by atoms with E-state index in [1.165, 1.54) is 108 Å². The number of rotatable bonds is 13. The molecule has 2 aliphatic carbocycles. The van der Waals surface area contributed by atoms with Gasteiger partial charge in [0.1, 0.15) is 0 Å². The number of unbranched alkanes of at least 4 members (excludes halogenated alkanes) is 7. The van der Waals surface area contributed by atoms with Crippen molar-refractivity contribution in [1.82, 2.24) is 0 Å². The molecule has 3 rings (SSSR count). The first-order chi connectivity index (χ1) is 15.7. The lowest BCUT2D eigenvalue weighted by molar-refractivity contribution is 0.209. The molecule has 0 N–H and O–H groups in total. The molecule has 0 saturated heterocycles. The van der Waals surface area contributed by atoms with Crippen LogP contribution in [-0.4, -0.2) is 0 Å². The number of hydrogen-bond acceptors (Lipinski definition) is 0. The van der Waals surface area contributed by atoms with Gasteiger partial charge in [0.25, 0.3) is 0 Å². The van der Waals surface area contributed by atoms with Crippen molar-refractivity contribution >= 4 is 0 Å². The lowest BCUT2D eigenvalue weighted by Crippen LogP contribution is -2.23. The molecule has 0 amide bonds. The van der Waals surface area contributed by atoms with Crippen LogP contribution >= 0.6 is 0 Å². The molecule has 1 aromatic carbocycles. The molecule has 0 bridgehead atoms. The molecule has 0 nitrogen and oxygen atoms in total. The van der Waals surface area contributed by atoms with Crippen LogP contribution in [0.1, 0.15) is 128 Å². The van der Waals surface area contributed by atoms with Crippen molar-refractivity contribution in [3.05, 3.63) is 47.5 Å². The fourth-order valence-corrected chi connectivity index (χ4v) is 6.22. The first kappa shape index (κ1) is 25.4. The van der Waals surface area contributed by atoms with Crippen LogP contribution in [0, 0.1) is 29.4 Å². The van der Waals surface area contributed by atoms with Gasteiger partial charge in [-0.15, -0.1) is 0 Å². The molecule has 2 unspecified atom stereocenters. The summed E-state index contributed by atoms with van der Waals surface area (Å²) in [5.74, 6) is 1.18. The zero-order chi connectivity index (χ0) is 22.6. The summed E-state index contributed by atoms with van der Waals surface area (Å²) in [6.07, 6.45) is 27.0. The smallest absolute Gasteiger partial charge is 0.159 e. The Morgan fingerprint density at radius 3 is 2.16 bits per heavy atom. The highest BCUT2D eigenvalue weighted by atomic mass is 19.2. The molecular formula is C30H46F2. The second-order valence-corrected chi connectivity index (χ2v) is 10.7. The Hall–Kier alpha value is -1.18. The summed E-state index contributed by atoms with van der Waals surface area (Å²) in [5.41, 5.74) is 1.03. The lowest BCUT2D eigenvalue weighted by Gasteiger charge is -2.36. The lowest BCUT2D eigenvalue weighted by atomic mass is 9.69. The predicted molar refractivity (Wildman–Crippen MR) is 133 cm³/mol. The van der Waals surface area contributed by atoms with Gasteiger partial charge in [-0.25, -0.2) is 8.78 Å². The first-order valence-electron chi connectivity index (χ1n) is 13.8. The maximum Gasteiger partial charge on any atom is 0.159 e. The third-order valence-electron chi connectivity index (χ3n) is 8.26. The van der Waals surface area contributed by atoms with Crippen LogP contribution in [0.5, 0.6) is 0 Å². The standard InChI is InChI=1S/C30H46F2/c1-2-3-4-5-6-7-8-10-13-24-16-18-26(19-17-24)28(22-25-14-11-9-12-15-25)27-20-21-29(31)30(32)23-27/h9,11,20-21,23-26,28H,2-8,10,12-19,22H2,1H3. The molecule has 32 heavy (non-hydrogen) atoms. The summed E-state index contributed by atoms with van der Waals surface area (Å²) in [6, 6.07) is 4.69. The quantitative estimate of drug-likeness (QED) is 0.210. The highest BCUT2D eigenvalue weighted by molar-refractivity contribution is 5.23. The van der Waals surface area contributed by atoms with Crippen molar-refractivity contribution in [2.24, 2.45) is 17.8 Å². The van der Waals surface area contributed by atoms with Crippen LogP contribution < -0.4 is 0 Å². The monoisotopic (exact) mass is 444 g/mol. The highest BCUT2D eigenvalue weighted by Crippen LogP contribution is 2.44. The van der Waals surface area contributed by atoms with Gasteiger partial charge in [0.2, 0.25) is 0 Å². The summed E-state index contributed by atoms with van der Waals surface area (Å²) in [6.45, 7) is 2.28. The summed E-state index contributed by atoms with van der Waals surface area (Å²) in [7, 11) is 0. The summed E-state index contributed by atoms with van der Waals surface area (Å²) < 4.78 is 27.6. The van der Waals surface area contributed by atoms with Crippen LogP contribution in [-0.2, 0) is 0 Å². The minimum Gasteiger partial charge on any atom is -0.204 e. The number of hydrogen-bond donors (Lipinski definition) is 0. The second-order valence-electron chi connectivity index (χ2n) is 10.7.